The summed E-state index contributed by atoms with van der Waals surface area (Å²) in [5.41, 5.74) is 2.11. The third-order valence-corrected chi connectivity index (χ3v) is 3.54. The lowest BCUT2D eigenvalue weighted by Crippen LogP contribution is -2.32. The molecular formula is C16H23NO2. The molecule has 0 aliphatic heterocycles. The third-order valence-electron chi connectivity index (χ3n) is 3.54. The number of hydrogen-bond acceptors (Lipinski definition) is 2. The highest BCUT2D eigenvalue weighted by atomic mass is 16.4. The maximum Gasteiger partial charge on any atom is 0.328 e. The van der Waals surface area contributed by atoms with Gasteiger partial charge in [0.05, 0.1) is 0 Å². The zero-order valence-electron chi connectivity index (χ0n) is 12.1. The molecule has 0 aromatic heterocycles. The fraction of sp³-hybridized carbons (Fsp3) is 0.438. The molecule has 0 amide bonds. The zero-order valence-corrected chi connectivity index (χ0v) is 12.1. The molecule has 1 rings (SSSR count). The molecule has 1 N–H and O–H groups in total. The molecule has 1 aromatic carbocycles. The van der Waals surface area contributed by atoms with Gasteiger partial charge < -0.3 is 5.11 Å². The molecule has 0 fully saturated rings. The van der Waals surface area contributed by atoms with Gasteiger partial charge in [0.2, 0.25) is 0 Å². The highest BCUT2D eigenvalue weighted by Crippen LogP contribution is 2.16. The van der Waals surface area contributed by atoms with Crippen molar-refractivity contribution in [3.8, 4) is 0 Å². The average molecular weight is 261 g/mol. The molecule has 19 heavy (non-hydrogen) atoms. The molecule has 0 bridgehead atoms. The molecule has 0 aliphatic rings. The van der Waals surface area contributed by atoms with E-state index in [-0.39, 0.29) is 0 Å². The predicted octanol–water partition coefficient (Wildman–Crippen LogP) is 3.26. The lowest BCUT2D eigenvalue weighted by Gasteiger charge is -2.28. The van der Waals surface area contributed by atoms with E-state index in [0.717, 1.165) is 17.7 Å². The summed E-state index contributed by atoms with van der Waals surface area (Å²) in [6.45, 7) is 7.44. The first-order valence-corrected chi connectivity index (χ1v) is 6.61. The Bertz CT molecular complexity index is 452. The van der Waals surface area contributed by atoms with Crippen molar-refractivity contribution in [3.05, 3.63) is 41.5 Å². The van der Waals surface area contributed by atoms with Gasteiger partial charge in [0.1, 0.15) is 0 Å². The van der Waals surface area contributed by atoms with Crippen LogP contribution >= 0.6 is 0 Å². The largest absolute Gasteiger partial charge is 0.478 e. The van der Waals surface area contributed by atoms with Crippen molar-refractivity contribution in [1.82, 2.24) is 4.90 Å². The molecule has 0 spiro atoms. The summed E-state index contributed by atoms with van der Waals surface area (Å²) >= 11 is 0. The van der Waals surface area contributed by atoms with Crippen molar-refractivity contribution in [3.63, 3.8) is 0 Å². The van der Waals surface area contributed by atoms with Crippen LogP contribution in [0.3, 0.4) is 0 Å². The van der Waals surface area contributed by atoms with Gasteiger partial charge in [0.15, 0.2) is 0 Å². The topological polar surface area (TPSA) is 40.5 Å². The Hall–Kier alpha value is -1.61. The molecule has 0 heterocycles. The Morgan fingerprint density at radius 3 is 2.53 bits per heavy atom. The van der Waals surface area contributed by atoms with Gasteiger partial charge in [0, 0.05) is 18.7 Å². The van der Waals surface area contributed by atoms with E-state index in [1.807, 2.05) is 24.3 Å². The van der Waals surface area contributed by atoms with Crippen molar-refractivity contribution < 1.29 is 9.90 Å². The number of carbonyl (C=O) groups is 1. The Balaban J connectivity index is 2.86. The van der Waals surface area contributed by atoms with Gasteiger partial charge in [-0.3, -0.25) is 4.90 Å². The van der Waals surface area contributed by atoms with Crippen molar-refractivity contribution in [2.45, 2.75) is 33.4 Å². The second-order valence-electron chi connectivity index (χ2n) is 5.27. The Kier molecular flexibility index (Phi) is 5.77. The van der Waals surface area contributed by atoms with Crippen LogP contribution in [0, 0.1) is 5.92 Å². The number of carboxylic acids is 1. The minimum absolute atomic E-state index is 0.483. The van der Waals surface area contributed by atoms with E-state index in [2.05, 4.69) is 32.7 Å². The molecule has 104 valence electrons. The first-order chi connectivity index (χ1) is 8.91. The minimum Gasteiger partial charge on any atom is -0.478 e. The number of rotatable bonds is 6. The van der Waals surface area contributed by atoms with Gasteiger partial charge in [0.25, 0.3) is 0 Å². The third kappa shape index (κ3) is 4.87. The summed E-state index contributed by atoms with van der Waals surface area (Å²) in [7, 11) is 2.10. The number of carboxylic acid groups (broad SMARTS) is 1. The summed E-state index contributed by atoms with van der Waals surface area (Å²) in [5.74, 6) is -0.328. The molecule has 0 aliphatic carbocycles. The SMILES string of the molecule is CC(C)C(C)N(C)Cc1ccccc1/C=C/C(=O)O. The fourth-order valence-corrected chi connectivity index (χ4v) is 1.92. The molecule has 0 radical (unpaired) electrons. The molecule has 3 nitrogen and oxygen atoms in total. The van der Waals surface area contributed by atoms with Gasteiger partial charge in [-0.15, -0.1) is 0 Å². The summed E-state index contributed by atoms with van der Waals surface area (Å²) in [6.07, 6.45) is 2.84. The molecule has 0 saturated heterocycles. The van der Waals surface area contributed by atoms with Gasteiger partial charge in [-0.1, -0.05) is 38.1 Å². The van der Waals surface area contributed by atoms with Crippen LogP contribution < -0.4 is 0 Å². The molecule has 0 saturated carbocycles. The Morgan fingerprint density at radius 2 is 1.95 bits per heavy atom. The second kappa shape index (κ2) is 7.10. The Labute approximate surface area is 115 Å². The highest BCUT2D eigenvalue weighted by Gasteiger charge is 2.14. The van der Waals surface area contributed by atoms with Crippen molar-refractivity contribution in [2.75, 3.05) is 7.05 Å². The number of benzene rings is 1. The van der Waals surface area contributed by atoms with E-state index in [1.54, 1.807) is 6.08 Å². The van der Waals surface area contributed by atoms with Gasteiger partial charge >= 0.3 is 5.97 Å². The lowest BCUT2D eigenvalue weighted by molar-refractivity contribution is -0.131. The molecule has 3 heteroatoms. The van der Waals surface area contributed by atoms with E-state index < -0.39 is 5.97 Å². The summed E-state index contributed by atoms with van der Waals surface area (Å²) in [6, 6.07) is 8.39. The maximum absolute atomic E-state index is 10.6. The smallest absolute Gasteiger partial charge is 0.328 e. The number of aliphatic carboxylic acids is 1. The second-order valence-corrected chi connectivity index (χ2v) is 5.27. The van der Waals surface area contributed by atoms with Crippen LogP contribution in [-0.4, -0.2) is 29.1 Å². The first kappa shape index (κ1) is 15.4. The van der Waals surface area contributed by atoms with Crippen LogP contribution in [0.1, 0.15) is 31.9 Å². The van der Waals surface area contributed by atoms with Crippen molar-refractivity contribution in [2.24, 2.45) is 5.92 Å². The maximum atomic E-state index is 10.6. The van der Waals surface area contributed by atoms with E-state index in [4.69, 9.17) is 5.11 Å². The molecular weight excluding hydrogens is 238 g/mol. The van der Waals surface area contributed by atoms with Gasteiger partial charge in [-0.2, -0.15) is 0 Å². The van der Waals surface area contributed by atoms with Gasteiger partial charge in [-0.25, -0.2) is 4.79 Å². The highest BCUT2D eigenvalue weighted by molar-refractivity contribution is 5.85. The van der Waals surface area contributed by atoms with Crippen molar-refractivity contribution in [1.29, 1.82) is 0 Å². The van der Waals surface area contributed by atoms with Crippen LogP contribution in [0.4, 0.5) is 0 Å². The van der Waals surface area contributed by atoms with E-state index in [0.29, 0.717) is 12.0 Å². The number of hydrogen-bond donors (Lipinski definition) is 1. The normalized spacial score (nSPS) is 13.4. The summed E-state index contributed by atoms with van der Waals surface area (Å²) in [4.78, 5) is 12.9. The lowest BCUT2D eigenvalue weighted by atomic mass is 10.0. The fourth-order valence-electron chi connectivity index (χ4n) is 1.92. The summed E-state index contributed by atoms with van der Waals surface area (Å²) < 4.78 is 0. The average Bonchev–Trinajstić information content (AvgIpc) is 2.36. The predicted molar refractivity (Wildman–Crippen MR) is 78.9 cm³/mol. The van der Waals surface area contributed by atoms with Crippen molar-refractivity contribution >= 4 is 12.0 Å². The zero-order chi connectivity index (χ0) is 14.4. The quantitative estimate of drug-likeness (QED) is 0.799. The van der Waals surface area contributed by atoms with E-state index in [9.17, 15) is 4.79 Å². The van der Waals surface area contributed by atoms with Crippen LogP contribution in [0.25, 0.3) is 6.08 Å². The van der Waals surface area contributed by atoms with E-state index >= 15 is 0 Å². The molecule has 1 aromatic rings. The van der Waals surface area contributed by atoms with Crippen LogP contribution in [0.15, 0.2) is 30.3 Å². The Morgan fingerprint density at radius 1 is 1.32 bits per heavy atom. The molecule has 1 atom stereocenters. The van der Waals surface area contributed by atoms with Crippen LogP contribution in [-0.2, 0) is 11.3 Å². The van der Waals surface area contributed by atoms with Gasteiger partial charge in [-0.05, 0) is 37.1 Å². The first-order valence-electron chi connectivity index (χ1n) is 6.61. The monoisotopic (exact) mass is 261 g/mol. The molecule has 1 unspecified atom stereocenters. The van der Waals surface area contributed by atoms with Crippen LogP contribution in [0.2, 0.25) is 0 Å². The number of nitrogens with zero attached hydrogens (tertiary/aromatic N) is 1. The van der Waals surface area contributed by atoms with Crippen LogP contribution in [0.5, 0.6) is 0 Å². The summed E-state index contributed by atoms with van der Waals surface area (Å²) in [5, 5.41) is 8.71. The minimum atomic E-state index is -0.918. The van der Waals surface area contributed by atoms with E-state index in [1.165, 1.54) is 6.08 Å². The standard InChI is InChI=1S/C16H23NO2/c1-12(2)13(3)17(4)11-15-8-6-5-7-14(15)9-10-16(18)19/h5-10,12-13H,11H2,1-4H3,(H,18,19)/b10-9+.